The highest BCUT2D eigenvalue weighted by Crippen LogP contribution is 2.20. The van der Waals surface area contributed by atoms with Crippen LogP contribution in [-0.2, 0) is 17.7 Å². The second-order valence-corrected chi connectivity index (χ2v) is 7.63. The van der Waals surface area contributed by atoms with E-state index in [9.17, 15) is 9.59 Å². The van der Waals surface area contributed by atoms with E-state index in [1.807, 2.05) is 4.57 Å². The van der Waals surface area contributed by atoms with Gasteiger partial charge >= 0.3 is 5.97 Å². The number of allylic oxidation sites excluding steroid dienone is 2. The molecule has 1 unspecified atom stereocenters. The molecule has 0 fully saturated rings. The minimum absolute atomic E-state index is 0.00538. The largest absolute Gasteiger partial charge is 0.462 e. The minimum Gasteiger partial charge on any atom is -0.462 e. The standard InChI is InChI=1S/C22H26N2O3/c25-21-18-12-11-17(22(26)27-15-16-8-4-3-5-9-16)14-19(18)23-20-10-6-1-2-7-13-24(20)21/h3-4,11-12,14,16H,1-2,5-10,13,15H2. The Labute approximate surface area is 159 Å². The fourth-order valence-corrected chi connectivity index (χ4v) is 4.01. The zero-order valence-corrected chi connectivity index (χ0v) is 15.7. The minimum atomic E-state index is -0.333. The molecular formula is C22H26N2O3. The smallest absolute Gasteiger partial charge is 0.338 e. The Morgan fingerprint density at radius 3 is 2.93 bits per heavy atom. The summed E-state index contributed by atoms with van der Waals surface area (Å²) in [6.07, 6.45) is 12.6. The van der Waals surface area contributed by atoms with Crippen molar-refractivity contribution in [3.8, 4) is 0 Å². The summed E-state index contributed by atoms with van der Waals surface area (Å²) in [6.45, 7) is 1.18. The second-order valence-electron chi connectivity index (χ2n) is 7.63. The van der Waals surface area contributed by atoms with Gasteiger partial charge in [0.15, 0.2) is 0 Å². The molecule has 1 aromatic carbocycles. The summed E-state index contributed by atoms with van der Waals surface area (Å²) in [5, 5.41) is 0.577. The maximum atomic E-state index is 12.9. The van der Waals surface area contributed by atoms with Crippen LogP contribution in [-0.4, -0.2) is 22.1 Å². The van der Waals surface area contributed by atoms with Crippen molar-refractivity contribution >= 4 is 16.9 Å². The van der Waals surface area contributed by atoms with Crippen LogP contribution < -0.4 is 5.56 Å². The lowest BCUT2D eigenvalue weighted by atomic mass is 9.95. The SMILES string of the molecule is O=C(OCC1CC=CCC1)c1ccc2c(=O)n3c(nc2c1)CCCCCC3. The molecule has 2 heterocycles. The van der Waals surface area contributed by atoms with Gasteiger partial charge in [0.25, 0.3) is 5.56 Å². The summed E-state index contributed by atoms with van der Waals surface area (Å²) in [6, 6.07) is 5.11. The maximum Gasteiger partial charge on any atom is 0.338 e. The van der Waals surface area contributed by atoms with Gasteiger partial charge in [0.05, 0.1) is 23.1 Å². The van der Waals surface area contributed by atoms with E-state index < -0.39 is 0 Å². The molecule has 4 rings (SSSR count). The first-order valence-corrected chi connectivity index (χ1v) is 10.1. The van der Waals surface area contributed by atoms with Crippen LogP contribution in [0.1, 0.15) is 61.1 Å². The first kappa shape index (κ1) is 18.0. The molecule has 0 saturated heterocycles. The van der Waals surface area contributed by atoms with Crippen molar-refractivity contribution in [3.63, 3.8) is 0 Å². The highest BCUT2D eigenvalue weighted by molar-refractivity contribution is 5.94. The summed E-state index contributed by atoms with van der Waals surface area (Å²) < 4.78 is 7.33. The van der Waals surface area contributed by atoms with E-state index in [1.54, 1.807) is 18.2 Å². The van der Waals surface area contributed by atoms with E-state index in [-0.39, 0.29) is 11.5 Å². The van der Waals surface area contributed by atoms with Gasteiger partial charge in [-0.15, -0.1) is 0 Å². The number of aryl methyl sites for hydroxylation is 1. The summed E-state index contributed by atoms with van der Waals surface area (Å²) >= 11 is 0. The molecule has 142 valence electrons. The number of aromatic nitrogens is 2. The van der Waals surface area contributed by atoms with Crippen molar-refractivity contribution in [2.24, 2.45) is 5.92 Å². The molecule has 2 aliphatic rings. The number of hydrogen-bond acceptors (Lipinski definition) is 4. The lowest BCUT2D eigenvalue weighted by Gasteiger charge is -2.18. The number of carbonyl (C=O) groups excluding carboxylic acids is 1. The Hall–Kier alpha value is -2.43. The Morgan fingerprint density at radius 2 is 2.07 bits per heavy atom. The molecule has 0 amide bonds. The quantitative estimate of drug-likeness (QED) is 0.608. The normalized spacial score (nSPS) is 19.9. The fourth-order valence-electron chi connectivity index (χ4n) is 4.01. The molecule has 0 bridgehead atoms. The lowest BCUT2D eigenvalue weighted by molar-refractivity contribution is 0.0432. The Kier molecular flexibility index (Phi) is 5.37. The molecule has 0 saturated carbocycles. The van der Waals surface area contributed by atoms with Crippen molar-refractivity contribution in [2.45, 2.75) is 57.9 Å². The second kappa shape index (κ2) is 8.07. The van der Waals surface area contributed by atoms with E-state index in [4.69, 9.17) is 9.72 Å². The van der Waals surface area contributed by atoms with Crippen LogP contribution in [0, 0.1) is 5.92 Å². The average Bonchev–Trinajstić information content (AvgIpc) is 2.68. The average molecular weight is 366 g/mol. The van der Waals surface area contributed by atoms with Crippen molar-refractivity contribution < 1.29 is 9.53 Å². The van der Waals surface area contributed by atoms with Crippen LogP contribution in [0.15, 0.2) is 35.1 Å². The van der Waals surface area contributed by atoms with E-state index in [0.29, 0.717) is 29.0 Å². The van der Waals surface area contributed by atoms with E-state index in [0.717, 1.165) is 57.3 Å². The van der Waals surface area contributed by atoms with Crippen LogP contribution in [0.4, 0.5) is 0 Å². The third-order valence-electron chi connectivity index (χ3n) is 5.63. The van der Waals surface area contributed by atoms with Crippen LogP contribution in [0.25, 0.3) is 10.9 Å². The molecule has 1 aliphatic heterocycles. The Balaban J connectivity index is 1.57. The highest BCUT2D eigenvalue weighted by atomic mass is 16.5. The van der Waals surface area contributed by atoms with Gasteiger partial charge in [-0.05, 0) is 56.2 Å². The monoisotopic (exact) mass is 366 g/mol. The topological polar surface area (TPSA) is 61.2 Å². The van der Waals surface area contributed by atoms with Crippen molar-refractivity contribution in [1.82, 2.24) is 9.55 Å². The van der Waals surface area contributed by atoms with Crippen LogP contribution in [0.3, 0.4) is 0 Å². The van der Waals surface area contributed by atoms with Crippen molar-refractivity contribution in [1.29, 1.82) is 0 Å². The summed E-state index contributed by atoms with van der Waals surface area (Å²) in [4.78, 5) is 30.0. The number of carbonyl (C=O) groups is 1. The Morgan fingerprint density at radius 1 is 1.19 bits per heavy atom. The molecule has 1 atom stereocenters. The van der Waals surface area contributed by atoms with Gasteiger partial charge in [0, 0.05) is 13.0 Å². The Bertz CT molecular complexity index is 929. The number of ether oxygens (including phenoxy) is 1. The zero-order chi connectivity index (χ0) is 18.6. The highest BCUT2D eigenvalue weighted by Gasteiger charge is 2.17. The van der Waals surface area contributed by atoms with Gasteiger partial charge < -0.3 is 4.74 Å². The summed E-state index contributed by atoms with van der Waals surface area (Å²) in [5.74, 6) is 0.911. The van der Waals surface area contributed by atoms with Crippen LogP contribution in [0.2, 0.25) is 0 Å². The van der Waals surface area contributed by atoms with E-state index in [2.05, 4.69) is 12.2 Å². The molecule has 0 N–H and O–H groups in total. The number of fused-ring (bicyclic) bond motifs is 2. The maximum absolute atomic E-state index is 12.9. The predicted molar refractivity (Wildman–Crippen MR) is 105 cm³/mol. The molecule has 1 aliphatic carbocycles. The molecule has 1 aromatic heterocycles. The molecule has 0 spiro atoms. The number of esters is 1. The number of benzene rings is 1. The molecule has 2 aromatic rings. The number of rotatable bonds is 3. The van der Waals surface area contributed by atoms with Crippen LogP contribution in [0.5, 0.6) is 0 Å². The summed E-state index contributed by atoms with van der Waals surface area (Å²) in [5.41, 5.74) is 1.07. The fraction of sp³-hybridized carbons (Fsp3) is 0.500. The number of nitrogens with zero attached hydrogens (tertiary/aromatic N) is 2. The first-order valence-electron chi connectivity index (χ1n) is 10.1. The first-order chi connectivity index (χ1) is 13.2. The van der Waals surface area contributed by atoms with E-state index in [1.165, 1.54) is 6.42 Å². The third kappa shape index (κ3) is 3.97. The zero-order valence-electron chi connectivity index (χ0n) is 15.7. The van der Waals surface area contributed by atoms with Gasteiger partial charge in [0.1, 0.15) is 5.82 Å². The van der Waals surface area contributed by atoms with Gasteiger partial charge in [0.2, 0.25) is 0 Å². The molecule has 5 nitrogen and oxygen atoms in total. The van der Waals surface area contributed by atoms with Gasteiger partial charge in [-0.25, -0.2) is 9.78 Å². The number of hydrogen-bond donors (Lipinski definition) is 0. The van der Waals surface area contributed by atoms with E-state index >= 15 is 0 Å². The predicted octanol–water partition coefficient (Wildman–Crippen LogP) is 4.03. The molecular weight excluding hydrogens is 340 g/mol. The molecule has 0 radical (unpaired) electrons. The van der Waals surface area contributed by atoms with Gasteiger partial charge in [-0.2, -0.15) is 0 Å². The molecule has 27 heavy (non-hydrogen) atoms. The third-order valence-corrected chi connectivity index (χ3v) is 5.63. The van der Waals surface area contributed by atoms with Gasteiger partial charge in [-0.1, -0.05) is 25.0 Å². The van der Waals surface area contributed by atoms with Crippen molar-refractivity contribution in [2.75, 3.05) is 6.61 Å². The summed E-state index contributed by atoms with van der Waals surface area (Å²) in [7, 11) is 0. The van der Waals surface area contributed by atoms with Crippen LogP contribution >= 0.6 is 0 Å². The van der Waals surface area contributed by atoms with Crippen molar-refractivity contribution in [3.05, 3.63) is 52.1 Å². The molecule has 5 heteroatoms. The lowest BCUT2D eigenvalue weighted by Crippen LogP contribution is -2.26. The van der Waals surface area contributed by atoms with Gasteiger partial charge in [-0.3, -0.25) is 9.36 Å².